The van der Waals surface area contributed by atoms with Crippen LogP contribution in [0, 0.1) is 6.92 Å². The molecular formula is C17H19N5O. The largest absolute Gasteiger partial charge is 0.322 e. The molecule has 118 valence electrons. The van der Waals surface area contributed by atoms with Gasteiger partial charge in [-0.05, 0) is 36.6 Å². The van der Waals surface area contributed by atoms with Crippen molar-refractivity contribution in [2.24, 2.45) is 7.05 Å². The van der Waals surface area contributed by atoms with Gasteiger partial charge in [-0.25, -0.2) is 0 Å². The fourth-order valence-electron chi connectivity index (χ4n) is 2.56. The minimum absolute atomic E-state index is 0.191. The van der Waals surface area contributed by atoms with E-state index in [1.807, 2.05) is 31.4 Å². The Morgan fingerprint density at radius 2 is 2.17 bits per heavy atom. The number of aromatic amines is 1. The Morgan fingerprint density at radius 1 is 1.35 bits per heavy atom. The number of aryl methyl sites for hydroxylation is 3. The highest BCUT2D eigenvalue weighted by Crippen LogP contribution is 2.22. The maximum absolute atomic E-state index is 12.6. The zero-order valence-corrected chi connectivity index (χ0v) is 13.4. The van der Waals surface area contributed by atoms with E-state index >= 15 is 0 Å². The van der Waals surface area contributed by atoms with E-state index in [-0.39, 0.29) is 5.91 Å². The summed E-state index contributed by atoms with van der Waals surface area (Å²) in [4.78, 5) is 12.6. The Bertz CT molecular complexity index is 846. The Labute approximate surface area is 134 Å². The lowest BCUT2D eigenvalue weighted by molar-refractivity contribution is 0.102. The second-order valence-corrected chi connectivity index (χ2v) is 5.51. The maximum atomic E-state index is 12.6. The van der Waals surface area contributed by atoms with Crippen molar-refractivity contribution in [3.05, 3.63) is 53.5 Å². The normalized spacial score (nSPS) is 10.7. The SMILES string of the molecule is CCc1cc(NC(=O)c2cn[nH]c2-c2cnn(C)c2)ccc1C. The molecule has 2 aromatic heterocycles. The highest BCUT2D eigenvalue weighted by molar-refractivity contribution is 6.07. The predicted molar refractivity (Wildman–Crippen MR) is 89.3 cm³/mol. The van der Waals surface area contributed by atoms with E-state index in [2.05, 4.69) is 34.5 Å². The molecule has 0 saturated carbocycles. The van der Waals surface area contributed by atoms with Crippen LogP contribution in [0.3, 0.4) is 0 Å². The van der Waals surface area contributed by atoms with Crippen molar-refractivity contribution >= 4 is 11.6 Å². The van der Waals surface area contributed by atoms with E-state index in [4.69, 9.17) is 0 Å². The Kier molecular flexibility index (Phi) is 3.97. The number of benzene rings is 1. The van der Waals surface area contributed by atoms with E-state index < -0.39 is 0 Å². The van der Waals surface area contributed by atoms with E-state index in [1.165, 1.54) is 17.3 Å². The summed E-state index contributed by atoms with van der Waals surface area (Å²) in [7, 11) is 1.83. The van der Waals surface area contributed by atoms with Crippen LogP contribution in [0.2, 0.25) is 0 Å². The fourth-order valence-corrected chi connectivity index (χ4v) is 2.56. The van der Waals surface area contributed by atoms with Crippen LogP contribution >= 0.6 is 0 Å². The summed E-state index contributed by atoms with van der Waals surface area (Å²) in [5, 5.41) is 13.9. The van der Waals surface area contributed by atoms with Crippen molar-refractivity contribution in [1.82, 2.24) is 20.0 Å². The van der Waals surface area contributed by atoms with Gasteiger partial charge in [-0.2, -0.15) is 10.2 Å². The van der Waals surface area contributed by atoms with Gasteiger partial charge < -0.3 is 5.32 Å². The molecule has 0 spiro atoms. The topological polar surface area (TPSA) is 75.6 Å². The third-order valence-corrected chi connectivity index (χ3v) is 3.87. The standard InChI is InChI=1S/C17H19N5O/c1-4-12-7-14(6-5-11(12)2)20-17(23)15-9-18-21-16(15)13-8-19-22(3)10-13/h5-10H,4H2,1-3H3,(H,18,21)(H,20,23). The summed E-state index contributed by atoms with van der Waals surface area (Å²) >= 11 is 0. The van der Waals surface area contributed by atoms with Crippen molar-refractivity contribution in [2.75, 3.05) is 5.32 Å². The molecule has 0 saturated heterocycles. The average molecular weight is 309 g/mol. The van der Waals surface area contributed by atoms with Gasteiger partial charge in [0.1, 0.15) is 0 Å². The number of hydrogen-bond acceptors (Lipinski definition) is 3. The molecule has 3 aromatic rings. The zero-order chi connectivity index (χ0) is 16.4. The number of amides is 1. The average Bonchev–Trinajstić information content (AvgIpc) is 3.17. The molecule has 0 fully saturated rings. The van der Waals surface area contributed by atoms with Crippen LogP contribution in [0.4, 0.5) is 5.69 Å². The number of nitrogens with zero attached hydrogens (tertiary/aromatic N) is 3. The molecule has 0 atom stereocenters. The van der Waals surface area contributed by atoms with Crippen LogP contribution in [0.5, 0.6) is 0 Å². The lowest BCUT2D eigenvalue weighted by atomic mass is 10.1. The summed E-state index contributed by atoms with van der Waals surface area (Å²) in [6.07, 6.45) is 6.01. The smallest absolute Gasteiger partial charge is 0.259 e. The molecule has 2 N–H and O–H groups in total. The minimum Gasteiger partial charge on any atom is -0.322 e. The summed E-state index contributed by atoms with van der Waals surface area (Å²) in [6.45, 7) is 4.17. The molecule has 23 heavy (non-hydrogen) atoms. The first kappa shape index (κ1) is 15.0. The Balaban J connectivity index is 1.86. The molecule has 0 aliphatic carbocycles. The Morgan fingerprint density at radius 3 is 2.87 bits per heavy atom. The van der Waals surface area contributed by atoms with Crippen molar-refractivity contribution in [3.8, 4) is 11.3 Å². The number of aromatic nitrogens is 4. The quantitative estimate of drug-likeness (QED) is 0.778. The van der Waals surface area contributed by atoms with Crippen LogP contribution in [0.1, 0.15) is 28.4 Å². The van der Waals surface area contributed by atoms with Gasteiger partial charge in [-0.3, -0.25) is 14.6 Å². The van der Waals surface area contributed by atoms with Crippen LogP contribution in [-0.2, 0) is 13.5 Å². The molecule has 0 bridgehead atoms. The number of hydrogen-bond donors (Lipinski definition) is 2. The summed E-state index contributed by atoms with van der Waals surface area (Å²) < 4.78 is 1.69. The van der Waals surface area contributed by atoms with Crippen LogP contribution in [0.15, 0.2) is 36.8 Å². The van der Waals surface area contributed by atoms with Crippen molar-refractivity contribution in [1.29, 1.82) is 0 Å². The number of rotatable bonds is 4. The van der Waals surface area contributed by atoms with Gasteiger partial charge in [-0.15, -0.1) is 0 Å². The second kappa shape index (κ2) is 6.08. The minimum atomic E-state index is -0.191. The molecule has 6 heteroatoms. The third kappa shape index (κ3) is 3.01. The highest BCUT2D eigenvalue weighted by Gasteiger charge is 2.16. The highest BCUT2D eigenvalue weighted by atomic mass is 16.1. The molecule has 3 rings (SSSR count). The first-order chi connectivity index (χ1) is 11.1. The molecule has 0 unspecified atom stereocenters. The summed E-state index contributed by atoms with van der Waals surface area (Å²) in [6, 6.07) is 5.94. The number of anilines is 1. The van der Waals surface area contributed by atoms with E-state index in [1.54, 1.807) is 10.9 Å². The summed E-state index contributed by atoms with van der Waals surface area (Å²) in [5.74, 6) is -0.191. The lowest BCUT2D eigenvalue weighted by Crippen LogP contribution is -2.12. The number of carbonyl (C=O) groups excluding carboxylic acids is 1. The second-order valence-electron chi connectivity index (χ2n) is 5.51. The van der Waals surface area contributed by atoms with Gasteiger partial charge in [0, 0.05) is 24.5 Å². The first-order valence-corrected chi connectivity index (χ1v) is 7.51. The first-order valence-electron chi connectivity index (χ1n) is 7.51. The van der Waals surface area contributed by atoms with E-state index in [9.17, 15) is 4.79 Å². The monoisotopic (exact) mass is 309 g/mol. The van der Waals surface area contributed by atoms with Crippen molar-refractivity contribution < 1.29 is 4.79 Å². The molecule has 1 amide bonds. The van der Waals surface area contributed by atoms with Gasteiger partial charge in [0.2, 0.25) is 0 Å². The van der Waals surface area contributed by atoms with Gasteiger partial charge in [0.25, 0.3) is 5.91 Å². The van der Waals surface area contributed by atoms with E-state index in [0.717, 1.165) is 17.7 Å². The molecule has 0 aliphatic rings. The number of nitrogens with one attached hydrogen (secondary N) is 2. The van der Waals surface area contributed by atoms with Gasteiger partial charge >= 0.3 is 0 Å². The molecule has 2 heterocycles. The van der Waals surface area contributed by atoms with Crippen molar-refractivity contribution in [2.45, 2.75) is 20.3 Å². The fraction of sp³-hybridized carbons (Fsp3) is 0.235. The van der Waals surface area contributed by atoms with Gasteiger partial charge in [0.05, 0.1) is 23.7 Å². The van der Waals surface area contributed by atoms with E-state index in [0.29, 0.717) is 11.3 Å². The number of carbonyl (C=O) groups is 1. The lowest BCUT2D eigenvalue weighted by Gasteiger charge is -2.09. The summed E-state index contributed by atoms with van der Waals surface area (Å²) in [5.41, 5.74) is 5.23. The third-order valence-electron chi connectivity index (χ3n) is 3.87. The molecule has 1 aromatic carbocycles. The van der Waals surface area contributed by atoms with Crippen LogP contribution < -0.4 is 5.32 Å². The molecule has 0 radical (unpaired) electrons. The Hall–Kier alpha value is -2.89. The predicted octanol–water partition coefficient (Wildman–Crippen LogP) is 2.93. The number of H-pyrrole nitrogens is 1. The van der Waals surface area contributed by atoms with Crippen LogP contribution in [-0.4, -0.2) is 25.9 Å². The molecule has 0 aliphatic heterocycles. The van der Waals surface area contributed by atoms with Gasteiger partial charge in [0.15, 0.2) is 0 Å². The maximum Gasteiger partial charge on any atom is 0.259 e. The zero-order valence-electron chi connectivity index (χ0n) is 13.4. The van der Waals surface area contributed by atoms with Crippen molar-refractivity contribution in [3.63, 3.8) is 0 Å². The molecular weight excluding hydrogens is 290 g/mol. The van der Waals surface area contributed by atoms with Gasteiger partial charge in [-0.1, -0.05) is 13.0 Å². The molecule has 6 nitrogen and oxygen atoms in total. The van der Waals surface area contributed by atoms with Crippen LogP contribution in [0.25, 0.3) is 11.3 Å².